The molecule has 0 aliphatic rings. The van der Waals surface area contributed by atoms with E-state index in [1.807, 2.05) is 0 Å². The van der Waals surface area contributed by atoms with Gasteiger partial charge >= 0.3 is 11.2 Å². The Morgan fingerprint density at radius 3 is 2.57 bits per heavy atom. The standard InChI is InChI=1S/C14H11FN4O2/c1-2-7-19-14(21)18-9-8-17(13(20)12(18)16-19)11-5-3-10(15)4-6-11/h2-6,8-9H,1,7H2. The van der Waals surface area contributed by atoms with Crippen LogP contribution in [-0.4, -0.2) is 18.7 Å². The van der Waals surface area contributed by atoms with Gasteiger partial charge in [-0.3, -0.25) is 9.36 Å². The van der Waals surface area contributed by atoms with E-state index in [1.165, 1.54) is 51.7 Å². The third kappa shape index (κ3) is 2.08. The second kappa shape index (κ2) is 4.86. The maximum Gasteiger partial charge on any atom is 0.350 e. The lowest BCUT2D eigenvalue weighted by atomic mass is 10.3. The molecule has 21 heavy (non-hydrogen) atoms. The fraction of sp³-hybridized carbons (Fsp3) is 0.0714. The predicted molar refractivity (Wildman–Crippen MR) is 75.2 cm³/mol. The van der Waals surface area contributed by atoms with E-state index in [0.29, 0.717) is 5.69 Å². The summed E-state index contributed by atoms with van der Waals surface area (Å²) in [5.41, 5.74) is -0.361. The van der Waals surface area contributed by atoms with E-state index in [4.69, 9.17) is 0 Å². The smallest absolute Gasteiger partial charge is 0.280 e. The van der Waals surface area contributed by atoms with Crippen LogP contribution in [0, 0.1) is 5.82 Å². The molecular weight excluding hydrogens is 275 g/mol. The van der Waals surface area contributed by atoms with Crippen LogP contribution in [-0.2, 0) is 6.54 Å². The van der Waals surface area contributed by atoms with Crippen LogP contribution < -0.4 is 11.2 Å². The summed E-state index contributed by atoms with van der Waals surface area (Å²) in [7, 11) is 0. The molecule has 0 fully saturated rings. The Bertz CT molecular complexity index is 934. The second-order valence-electron chi connectivity index (χ2n) is 4.40. The van der Waals surface area contributed by atoms with Gasteiger partial charge in [0, 0.05) is 18.1 Å². The predicted octanol–water partition coefficient (Wildman–Crippen LogP) is 0.972. The Hall–Kier alpha value is -2.96. The van der Waals surface area contributed by atoms with Crippen LogP contribution in [0.25, 0.3) is 11.3 Å². The number of benzene rings is 1. The summed E-state index contributed by atoms with van der Waals surface area (Å²) < 4.78 is 16.6. The molecule has 0 aliphatic heterocycles. The number of halogens is 1. The minimum Gasteiger partial charge on any atom is -0.280 e. The molecule has 3 rings (SSSR count). The van der Waals surface area contributed by atoms with Crippen LogP contribution in [0.3, 0.4) is 0 Å². The Balaban J connectivity index is 2.25. The van der Waals surface area contributed by atoms with Crippen LogP contribution in [0.1, 0.15) is 0 Å². The van der Waals surface area contributed by atoms with Crippen molar-refractivity contribution in [2.24, 2.45) is 0 Å². The molecule has 6 nitrogen and oxygen atoms in total. The molecule has 0 aliphatic carbocycles. The van der Waals surface area contributed by atoms with Crippen LogP contribution in [0.2, 0.25) is 0 Å². The molecule has 106 valence electrons. The van der Waals surface area contributed by atoms with Crippen molar-refractivity contribution in [2.75, 3.05) is 0 Å². The summed E-state index contributed by atoms with van der Waals surface area (Å²) in [5.74, 6) is -0.389. The molecular formula is C14H11FN4O2. The van der Waals surface area contributed by atoms with Crippen LogP contribution in [0.5, 0.6) is 0 Å². The van der Waals surface area contributed by atoms with Crippen molar-refractivity contribution in [3.8, 4) is 5.69 Å². The van der Waals surface area contributed by atoms with Crippen molar-refractivity contribution in [1.82, 2.24) is 18.7 Å². The summed E-state index contributed by atoms with van der Waals surface area (Å²) >= 11 is 0. The lowest BCUT2D eigenvalue weighted by Crippen LogP contribution is -2.23. The van der Waals surface area contributed by atoms with E-state index in [-0.39, 0.29) is 18.0 Å². The molecule has 2 aromatic heterocycles. The second-order valence-corrected chi connectivity index (χ2v) is 4.40. The zero-order chi connectivity index (χ0) is 15.0. The maximum absolute atomic E-state index is 12.9. The average Bonchev–Trinajstić information content (AvgIpc) is 2.79. The van der Waals surface area contributed by atoms with Gasteiger partial charge < -0.3 is 0 Å². The maximum atomic E-state index is 12.9. The first-order valence-corrected chi connectivity index (χ1v) is 6.19. The Labute approximate surface area is 118 Å². The van der Waals surface area contributed by atoms with Gasteiger partial charge in [0.05, 0.1) is 6.54 Å². The molecule has 0 bridgehead atoms. The van der Waals surface area contributed by atoms with Crippen molar-refractivity contribution >= 4 is 5.65 Å². The molecule has 0 saturated heterocycles. The fourth-order valence-corrected chi connectivity index (χ4v) is 2.06. The van der Waals surface area contributed by atoms with Crippen molar-refractivity contribution in [3.63, 3.8) is 0 Å². The zero-order valence-electron chi connectivity index (χ0n) is 10.9. The highest BCUT2D eigenvalue weighted by Gasteiger charge is 2.11. The summed E-state index contributed by atoms with van der Waals surface area (Å²) in [5, 5.41) is 3.99. The van der Waals surface area contributed by atoms with Crippen LogP contribution >= 0.6 is 0 Å². The van der Waals surface area contributed by atoms with Gasteiger partial charge in [-0.15, -0.1) is 11.7 Å². The van der Waals surface area contributed by atoms with Crippen molar-refractivity contribution in [2.45, 2.75) is 6.54 Å². The normalized spacial score (nSPS) is 10.9. The quantitative estimate of drug-likeness (QED) is 0.674. The summed E-state index contributed by atoms with van der Waals surface area (Å²) in [6, 6.07) is 5.47. The lowest BCUT2D eigenvalue weighted by molar-refractivity contribution is 0.627. The first-order chi connectivity index (χ1) is 10.1. The molecule has 0 N–H and O–H groups in total. The van der Waals surface area contributed by atoms with Gasteiger partial charge in [-0.05, 0) is 24.3 Å². The van der Waals surface area contributed by atoms with Gasteiger partial charge in [-0.25, -0.2) is 18.3 Å². The van der Waals surface area contributed by atoms with E-state index in [9.17, 15) is 14.0 Å². The van der Waals surface area contributed by atoms with E-state index >= 15 is 0 Å². The topological polar surface area (TPSA) is 61.3 Å². The molecule has 3 aromatic rings. The molecule has 0 radical (unpaired) electrons. The highest BCUT2D eigenvalue weighted by molar-refractivity contribution is 5.39. The Morgan fingerprint density at radius 1 is 1.19 bits per heavy atom. The number of aromatic nitrogens is 4. The number of hydrogen-bond acceptors (Lipinski definition) is 3. The fourth-order valence-electron chi connectivity index (χ4n) is 2.06. The highest BCUT2D eigenvalue weighted by Crippen LogP contribution is 2.06. The average molecular weight is 286 g/mol. The van der Waals surface area contributed by atoms with Gasteiger partial charge in [0.15, 0.2) is 0 Å². The number of rotatable bonds is 3. The number of nitrogens with zero attached hydrogens (tertiary/aromatic N) is 4. The first kappa shape index (κ1) is 13.0. The number of allylic oxidation sites excluding steroid dienone is 1. The summed E-state index contributed by atoms with van der Waals surface area (Å²) in [6.07, 6.45) is 4.42. The third-order valence-corrected chi connectivity index (χ3v) is 3.05. The van der Waals surface area contributed by atoms with Crippen molar-refractivity contribution in [3.05, 3.63) is 76.0 Å². The minimum atomic E-state index is -0.455. The Kier molecular flexibility index (Phi) is 3.02. The SMILES string of the molecule is C=CCn1nc2c(=O)n(-c3ccc(F)cc3)ccn2c1=O. The van der Waals surface area contributed by atoms with E-state index in [0.717, 1.165) is 4.68 Å². The zero-order valence-corrected chi connectivity index (χ0v) is 10.9. The van der Waals surface area contributed by atoms with E-state index < -0.39 is 11.2 Å². The van der Waals surface area contributed by atoms with Crippen LogP contribution in [0.4, 0.5) is 4.39 Å². The molecule has 0 unspecified atom stereocenters. The largest absolute Gasteiger partial charge is 0.350 e. The van der Waals surface area contributed by atoms with Gasteiger partial charge in [0.25, 0.3) is 0 Å². The van der Waals surface area contributed by atoms with Crippen molar-refractivity contribution < 1.29 is 4.39 Å². The molecule has 0 amide bonds. The number of hydrogen-bond donors (Lipinski definition) is 0. The molecule has 0 atom stereocenters. The van der Waals surface area contributed by atoms with E-state index in [2.05, 4.69) is 11.7 Å². The van der Waals surface area contributed by atoms with Gasteiger partial charge in [-0.1, -0.05) is 6.08 Å². The molecule has 0 spiro atoms. The molecule has 7 heteroatoms. The summed E-state index contributed by atoms with van der Waals surface area (Å²) in [6.45, 7) is 3.75. The summed E-state index contributed by atoms with van der Waals surface area (Å²) in [4.78, 5) is 24.4. The third-order valence-electron chi connectivity index (χ3n) is 3.05. The number of fused-ring (bicyclic) bond motifs is 1. The first-order valence-electron chi connectivity index (χ1n) is 6.19. The lowest BCUT2D eigenvalue weighted by Gasteiger charge is -2.04. The molecule has 2 heterocycles. The van der Waals surface area contributed by atoms with Gasteiger partial charge in [0.2, 0.25) is 5.65 Å². The van der Waals surface area contributed by atoms with Crippen LogP contribution in [0.15, 0.2) is 58.9 Å². The monoisotopic (exact) mass is 286 g/mol. The van der Waals surface area contributed by atoms with Crippen molar-refractivity contribution in [1.29, 1.82) is 0 Å². The Morgan fingerprint density at radius 2 is 1.90 bits per heavy atom. The van der Waals surface area contributed by atoms with E-state index in [1.54, 1.807) is 0 Å². The van der Waals surface area contributed by atoms with Gasteiger partial charge in [0.1, 0.15) is 5.82 Å². The highest BCUT2D eigenvalue weighted by atomic mass is 19.1. The molecule has 0 saturated carbocycles. The van der Waals surface area contributed by atoms with Gasteiger partial charge in [-0.2, -0.15) is 0 Å². The minimum absolute atomic E-state index is 0.00803. The molecule has 1 aromatic carbocycles.